The number of rotatable bonds is 6. The summed E-state index contributed by atoms with van der Waals surface area (Å²) in [5, 5.41) is 3.82. The van der Waals surface area contributed by atoms with Crippen LogP contribution in [0.4, 0.5) is 5.95 Å². The number of aromatic nitrogens is 2. The van der Waals surface area contributed by atoms with E-state index in [4.69, 9.17) is 16.3 Å². The Balaban J connectivity index is 2.04. The molecule has 0 saturated carbocycles. The van der Waals surface area contributed by atoms with Crippen molar-refractivity contribution >= 4 is 33.5 Å². The number of anilines is 1. The van der Waals surface area contributed by atoms with Crippen LogP contribution in [0.15, 0.2) is 34.9 Å². The SMILES string of the molecule is CCCNc1ncc(Br)c(OCc2cccc(Cl)c2)n1. The Morgan fingerprint density at radius 2 is 2.25 bits per heavy atom. The number of nitrogens with one attached hydrogen (secondary N) is 1. The molecule has 4 nitrogen and oxygen atoms in total. The zero-order chi connectivity index (χ0) is 14.4. The first-order chi connectivity index (χ1) is 9.69. The highest BCUT2D eigenvalue weighted by Gasteiger charge is 2.06. The molecule has 0 spiro atoms. The molecule has 0 atom stereocenters. The summed E-state index contributed by atoms with van der Waals surface area (Å²) >= 11 is 9.32. The van der Waals surface area contributed by atoms with Crippen molar-refractivity contribution in [1.29, 1.82) is 0 Å². The summed E-state index contributed by atoms with van der Waals surface area (Å²) in [6, 6.07) is 7.55. The summed E-state index contributed by atoms with van der Waals surface area (Å²) < 4.78 is 6.43. The first-order valence-electron chi connectivity index (χ1n) is 6.32. The van der Waals surface area contributed by atoms with Gasteiger partial charge in [0.25, 0.3) is 0 Å². The van der Waals surface area contributed by atoms with Gasteiger partial charge in [-0.15, -0.1) is 0 Å². The summed E-state index contributed by atoms with van der Waals surface area (Å²) in [5.41, 5.74) is 0.992. The summed E-state index contributed by atoms with van der Waals surface area (Å²) in [4.78, 5) is 8.50. The molecule has 0 bridgehead atoms. The van der Waals surface area contributed by atoms with Crippen LogP contribution >= 0.6 is 27.5 Å². The van der Waals surface area contributed by atoms with E-state index in [9.17, 15) is 0 Å². The van der Waals surface area contributed by atoms with Crippen LogP contribution in [0.3, 0.4) is 0 Å². The molecule has 0 saturated heterocycles. The third kappa shape index (κ3) is 4.35. The van der Waals surface area contributed by atoms with E-state index in [1.54, 1.807) is 6.20 Å². The second-order valence-electron chi connectivity index (χ2n) is 4.19. The predicted molar refractivity (Wildman–Crippen MR) is 84.3 cm³/mol. The zero-order valence-electron chi connectivity index (χ0n) is 11.1. The molecule has 1 heterocycles. The molecule has 0 amide bonds. The molecule has 106 valence electrons. The molecule has 0 unspecified atom stereocenters. The number of hydrogen-bond acceptors (Lipinski definition) is 4. The molecule has 2 rings (SSSR count). The molecule has 0 aliphatic rings. The van der Waals surface area contributed by atoms with Crippen molar-refractivity contribution in [3.63, 3.8) is 0 Å². The molecular formula is C14H15BrClN3O. The Hall–Kier alpha value is -1.33. The number of hydrogen-bond donors (Lipinski definition) is 1. The van der Waals surface area contributed by atoms with E-state index >= 15 is 0 Å². The average Bonchev–Trinajstić information content (AvgIpc) is 2.45. The Kier molecular flexibility index (Phi) is 5.61. The molecular weight excluding hydrogens is 342 g/mol. The first-order valence-corrected chi connectivity index (χ1v) is 7.50. The van der Waals surface area contributed by atoms with Gasteiger partial charge in [0.1, 0.15) is 6.61 Å². The quantitative estimate of drug-likeness (QED) is 0.838. The highest BCUT2D eigenvalue weighted by molar-refractivity contribution is 9.10. The van der Waals surface area contributed by atoms with Crippen molar-refractivity contribution < 1.29 is 4.74 Å². The lowest BCUT2D eigenvalue weighted by atomic mass is 10.2. The van der Waals surface area contributed by atoms with Crippen molar-refractivity contribution in [1.82, 2.24) is 9.97 Å². The molecule has 0 aliphatic heterocycles. The normalized spacial score (nSPS) is 10.3. The van der Waals surface area contributed by atoms with Gasteiger partial charge >= 0.3 is 0 Å². The fraction of sp³-hybridized carbons (Fsp3) is 0.286. The number of ether oxygens (including phenoxy) is 1. The fourth-order valence-corrected chi connectivity index (χ4v) is 2.07. The highest BCUT2D eigenvalue weighted by Crippen LogP contribution is 2.23. The van der Waals surface area contributed by atoms with E-state index in [0.717, 1.165) is 23.0 Å². The van der Waals surface area contributed by atoms with Gasteiger partial charge in [-0.2, -0.15) is 4.98 Å². The van der Waals surface area contributed by atoms with Crippen molar-refractivity contribution in [2.24, 2.45) is 0 Å². The minimum absolute atomic E-state index is 0.406. The van der Waals surface area contributed by atoms with Gasteiger partial charge in [0.2, 0.25) is 11.8 Å². The smallest absolute Gasteiger partial charge is 0.233 e. The third-order valence-electron chi connectivity index (χ3n) is 2.51. The Morgan fingerprint density at radius 3 is 3.00 bits per heavy atom. The van der Waals surface area contributed by atoms with Crippen molar-refractivity contribution in [3.05, 3.63) is 45.5 Å². The van der Waals surface area contributed by atoms with Crippen molar-refractivity contribution in [3.8, 4) is 5.88 Å². The van der Waals surface area contributed by atoms with Gasteiger partial charge in [0.15, 0.2) is 0 Å². The van der Waals surface area contributed by atoms with Gasteiger partial charge in [0.05, 0.1) is 10.7 Å². The lowest BCUT2D eigenvalue weighted by Gasteiger charge is -2.09. The van der Waals surface area contributed by atoms with Gasteiger partial charge in [-0.05, 0) is 40.0 Å². The van der Waals surface area contributed by atoms with E-state index in [-0.39, 0.29) is 0 Å². The van der Waals surface area contributed by atoms with Gasteiger partial charge in [-0.1, -0.05) is 30.7 Å². The maximum absolute atomic E-state index is 5.94. The molecule has 20 heavy (non-hydrogen) atoms. The topological polar surface area (TPSA) is 47.0 Å². The molecule has 6 heteroatoms. The number of nitrogens with zero attached hydrogens (tertiary/aromatic N) is 2. The lowest BCUT2D eigenvalue weighted by Crippen LogP contribution is -2.06. The second-order valence-corrected chi connectivity index (χ2v) is 5.48. The fourth-order valence-electron chi connectivity index (χ4n) is 1.55. The maximum atomic E-state index is 5.94. The summed E-state index contributed by atoms with van der Waals surface area (Å²) in [6.45, 7) is 3.32. The standard InChI is InChI=1S/C14H15BrClN3O/c1-2-6-17-14-18-8-12(15)13(19-14)20-9-10-4-3-5-11(16)7-10/h3-5,7-8H,2,6,9H2,1H3,(H,17,18,19). The molecule has 1 aromatic heterocycles. The lowest BCUT2D eigenvalue weighted by molar-refractivity contribution is 0.291. The highest BCUT2D eigenvalue weighted by atomic mass is 79.9. The van der Waals surface area contributed by atoms with E-state index in [2.05, 4.69) is 38.1 Å². The summed E-state index contributed by atoms with van der Waals surface area (Å²) in [6.07, 6.45) is 2.69. The Bertz CT molecular complexity index is 580. The van der Waals surface area contributed by atoms with Crippen molar-refractivity contribution in [2.75, 3.05) is 11.9 Å². The van der Waals surface area contributed by atoms with Crippen LogP contribution in [0.1, 0.15) is 18.9 Å². The van der Waals surface area contributed by atoms with Crippen molar-refractivity contribution in [2.45, 2.75) is 20.0 Å². The van der Waals surface area contributed by atoms with Crippen LogP contribution in [0.2, 0.25) is 5.02 Å². The first kappa shape index (κ1) is 15.1. The summed E-state index contributed by atoms with van der Waals surface area (Å²) in [7, 11) is 0. The largest absolute Gasteiger partial charge is 0.472 e. The van der Waals surface area contributed by atoms with E-state index < -0.39 is 0 Å². The number of halogens is 2. The molecule has 2 aromatic rings. The van der Waals surface area contributed by atoms with Crippen LogP contribution in [0.5, 0.6) is 5.88 Å². The van der Waals surface area contributed by atoms with Crippen LogP contribution in [-0.4, -0.2) is 16.5 Å². The summed E-state index contributed by atoms with van der Waals surface area (Å²) in [5.74, 6) is 1.08. The molecule has 1 aromatic carbocycles. The number of benzene rings is 1. The zero-order valence-corrected chi connectivity index (χ0v) is 13.4. The van der Waals surface area contributed by atoms with Crippen LogP contribution in [-0.2, 0) is 6.61 Å². The molecule has 0 fully saturated rings. The van der Waals surface area contributed by atoms with E-state index in [1.807, 2.05) is 24.3 Å². The second kappa shape index (κ2) is 7.45. The van der Waals surface area contributed by atoms with Gasteiger partial charge < -0.3 is 10.1 Å². The van der Waals surface area contributed by atoms with Gasteiger partial charge in [-0.25, -0.2) is 4.98 Å². The third-order valence-corrected chi connectivity index (χ3v) is 3.29. The van der Waals surface area contributed by atoms with Crippen LogP contribution in [0.25, 0.3) is 0 Å². The van der Waals surface area contributed by atoms with Gasteiger partial charge in [-0.3, -0.25) is 0 Å². The molecule has 0 aliphatic carbocycles. The minimum atomic E-state index is 0.406. The van der Waals surface area contributed by atoms with E-state index in [1.165, 1.54) is 0 Å². The van der Waals surface area contributed by atoms with E-state index in [0.29, 0.717) is 23.5 Å². The van der Waals surface area contributed by atoms with Crippen LogP contribution < -0.4 is 10.1 Å². The van der Waals surface area contributed by atoms with Crippen LogP contribution in [0, 0.1) is 0 Å². The molecule has 1 N–H and O–H groups in total. The predicted octanol–water partition coefficient (Wildman–Crippen LogP) is 4.29. The monoisotopic (exact) mass is 355 g/mol. The molecule has 0 radical (unpaired) electrons. The maximum Gasteiger partial charge on any atom is 0.233 e. The Labute approximate surface area is 131 Å². The Morgan fingerprint density at radius 1 is 1.40 bits per heavy atom. The average molecular weight is 357 g/mol. The minimum Gasteiger partial charge on any atom is -0.472 e. The van der Waals surface area contributed by atoms with Gasteiger partial charge in [0, 0.05) is 11.6 Å².